The van der Waals surface area contributed by atoms with Gasteiger partial charge in [0.25, 0.3) is 0 Å². The zero-order valence-corrected chi connectivity index (χ0v) is 13.3. The molecular formula is C14H17N3O2S2. The van der Waals surface area contributed by atoms with E-state index in [-0.39, 0.29) is 0 Å². The van der Waals surface area contributed by atoms with Crippen LogP contribution in [0.5, 0.6) is 0 Å². The van der Waals surface area contributed by atoms with E-state index in [0.29, 0.717) is 23.8 Å². The highest BCUT2D eigenvalue weighted by atomic mass is 32.2. The van der Waals surface area contributed by atoms with Crippen LogP contribution in [0.4, 0.5) is 11.5 Å². The molecule has 0 aliphatic carbocycles. The summed E-state index contributed by atoms with van der Waals surface area (Å²) in [6.07, 6.45) is 1.29. The van der Waals surface area contributed by atoms with E-state index in [1.54, 1.807) is 17.8 Å². The Kier molecular flexibility index (Phi) is 3.71. The molecule has 0 bridgehead atoms. The topological polar surface area (TPSA) is 76.3 Å². The van der Waals surface area contributed by atoms with Gasteiger partial charge in [0, 0.05) is 35.4 Å². The van der Waals surface area contributed by atoms with Gasteiger partial charge < -0.3 is 10.6 Å². The van der Waals surface area contributed by atoms with Crippen molar-refractivity contribution in [1.29, 1.82) is 0 Å². The predicted octanol–water partition coefficient (Wildman–Crippen LogP) is 1.74. The highest BCUT2D eigenvalue weighted by Gasteiger charge is 2.31. The van der Waals surface area contributed by atoms with Crippen molar-refractivity contribution in [3.63, 3.8) is 0 Å². The van der Waals surface area contributed by atoms with E-state index in [1.807, 2.05) is 29.2 Å². The van der Waals surface area contributed by atoms with Crippen molar-refractivity contribution in [2.24, 2.45) is 0 Å². The normalized spacial score (nSPS) is 19.9. The van der Waals surface area contributed by atoms with Gasteiger partial charge in [-0.2, -0.15) is 11.8 Å². The summed E-state index contributed by atoms with van der Waals surface area (Å²) < 4.78 is 24.0. The maximum Gasteiger partial charge on any atom is 0.169 e. The van der Waals surface area contributed by atoms with Crippen molar-refractivity contribution >= 4 is 44.0 Å². The molecule has 1 aliphatic rings. The average Bonchev–Trinajstić information content (AvgIpc) is 2.46. The van der Waals surface area contributed by atoms with Gasteiger partial charge in [-0.15, -0.1) is 0 Å². The van der Waals surface area contributed by atoms with Gasteiger partial charge in [0.05, 0.1) is 5.52 Å². The summed E-state index contributed by atoms with van der Waals surface area (Å²) in [5.74, 6) is 2.20. The lowest BCUT2D eigenvalue weighted by Crippen LogP contribution is -2.47. The molecule has 1 aromatic heterocycles. The number of nitrogens with zero attached hydrogens (tertiary/aromatic N) is 2. The molecule has 0 radical (unpaired) electrons. The van der Waals surface area contributed by atoms with Crippen LogP contribution >= 0.6 is 11.8 Å². The van der Waals surface area contributed by atoms with Crippen molar-refractivity contribution in [2.75, 3.05) is 34.9 Å². The van der Waals surface area contributed by atoms with Crippen LogP contribution in [-0.2, 0) is 9.84 Å². The van der Waals surface area contributed by atoms with Gasteiger partial charge in [-0.25, -0.2) is 13.4 Å². The molecule has 3 rings (SSSR count). The second kappa shape index (κ2) is 5.38. The molecule has 0 amide bonds. The fraction of sp³-hybridized carbons (Fsp3) is 0.357. The maximum atomic E-state index is 12.0. The van der Waals surface area contributed by atoms with Crippen LogP contribution in [0, 0.1) is 0 Å². The Labute approximate surface area is 128 Å². The number of aromatic nitrogens is 1. The predicted molar refractivity (Wildman–Crippen MR) is 89.5 cm³/mol. The molecule has 1 saturated heterocycles. The van der Waals surface area contributed by atoms with Crippen molar-refractivity contribution in [3.05, 3.63) is 30.3 Å². The van der Waals surface area contributed by atoms with Crippen molar-refractivity contribution in [3.8, 4) is 0 Å². The molecule has 0 saturated carbocycles. The molecule has 112 valence electrons. The second-order valence-corrected chi connectivity index (χ2v) is 8.53. The third-order valence-electron chi connectivity index (χ3n) is 3.57. The average molecular weight is 323 g/mol. The van der Waals surface area contributed by atoms with Gasteiger partial charge in [0.2, 0.25) is 0 Å². The van der Waals surface area contributed by atoms with Crippen LogP contribution in [0.25, 0.3) is 10.9 Å². The lowest BCUT2D eigenvalue weighted by molar-refractivity contribution is 0.584. The van der Waals surface area contributed by atoms with Gasteiger partial charge in [-0.1, -0.05) is 0 Å². The summed E-state index contributed by atoms with van der Waals surface area (Å²) in [5, 5.41) is 0.455. The Hall–Kier alpha value is -1.47. The fourth-order valence-electron chi connectivity index (χ4n) is 2.49. The zero-order chi connectivity index (χ0) is 15.0. The van der Waals surface area contributed by atoms with E-state index in [0.717, 1.165) is 16.7 Å². The van der Waals surface area contributed by atoms with Crippen molar-refractivity contribution in [2.45, 2.75) is 5.37 Å². The van der Waals surface area contributed by atoms with Crippen molar-refractivity contribution < 1.29 is 8.42 Å². The van der Waals surface area contributed by atoms with Gasteiger partial charge in [0.15, 0.2) is 9.84 Å². The van der Waals surface area contributed by atoms with E-state index >= 15 is 0 Å². The van der Waals surface area contributed by atoms with E-state index in [4.69, 9.17) is 5.73 Å². The monoisotopic (exact) mass is 323 g/mol. The van der Waals surface area contributed by atoms with Gasteiger partial charge >= 0.3 is 0 Å². The highest BCUT2D eigenvalue weighted by Crippen LogP contribution is 2.27. The number of hydrogen-bond donors (Lipinski definition) is 1. The Morgan fingerprint density at radius 3 is 2.90 bits per heavy atom. The minimum absolute atomic E-state index is 0.505. The number of nitrogens with two attached hydrogens (primary N) is 1. The largest absolute Gasteiger partial charge is 0.399 e. The SMILES string of the molecule is CS(=O)(=O)C1CSCCN1c1ccc2cc(N)ccc2n1. The van der Waals surface area contributed by atoms with E-state index < -0.39 is 15.2 Å². The molecule has 1 aliphatic heterocycles. The summed E-state index contributed by atoms with van der Waals surface area (Å²) in [6, 6.07) is 9.35. The Morgan fingerprint density at radius 1 is 1.33 bits per heavy atom. The number of benzene rings is 1. The minimum Gasteiger partial charge on any atom is -0.399 e. The maximum absolute atomic E-state index is 12.0. The quantitative estimate of drug-likeness (QED) is 0.849. The number of pyridine rings is 1. The number of rotatable bonds is 2. The van der Waals surface area contributed by atoms with Crippen LogP contribution in [0.15, 0.2) is 30.3 Å². The number of fused-ring (bicyclic) bond motifs is 1. The molecule has 1 fully saturated rings. The first-order valence-corrected chi connectivity index (χ1v) is 9.75. The number of nitrogen functional groups attached to an aromatic ring is 1. The molecule has 21 heavy (non-hydrogen) atoms. The summed E-state index contributed by atoms with van der Waals surface area (Å²) in [4.78, 5) is 6.49. The summed E-state index contributed by atoms with van der Waals surface area (Å²) in [5.41, 5.74) is 7.28. The summed E-state index contributed by atoms with van der Waals surface area (Å²) in [6.45, 7) is 0.690. The molecule has 2 heterocycles. The third-order valence-corrected chi connectivity index (χ3v) is 6.21. The second-order valence-electron chi connectivity index (χ2n) is 5.17. The first-order chi connectivity index (χ1) is 9.95. The van der Waals surface area contributed by atoms with Crippen LogP contribution in [-0.4, -0.2) is 43.1 Å². The molecular weight excluding hydrogens is 306 g/mol. The first-order valence-electron chi connectivity index (χ1n) is 6.65. The lowest BCUT2D eigenvalue weighted by atomic mass is 10.2. The third kappa shape index (κ3) is 2.94. The molecule has 5 nitrogen and oxygen atoms in total. The Bertz CT molecular complexity index is 777. The molecule has 0 spiro atoms. The standard InChI is InChI=1S/C14H17N3O2S2/c1-21(18,19)14-9-20-7-6-17(14)13-5-2-10-8-11(15)3-4-12(10)16-13/h2-5,8,14H,6-7,9,15H2,1H3. The van der Waals surface area contributed by atoms with Crippen LogP contribution < -0.4 is 10.6 Å². The first kappa shape index (κ1) is 14.5. The van der Waals surface area contributed by atoms with Crippen LogP contribution in [0.3, 0.4) is 0 Å². The highest BCUT2D eigenvalue weighted by molar-refractivity contribution is 8.01. The van der Waals surface area contributed by atoms with E-state index in [1.165, 1.54) is 6.26 Å². The number of anilines is 2. The smallest absolute Gasteiger partial charge is 0.169 e. The molecule has 2 aromatic rings. The molecule has 1 aromatic carbocycles. The van der Waals surface area contributed by atoms with Gasteiger partial charge in [-0.3, -0.25) is 0 Å². The molecule has 7 heteroatoms. The summed E-state index contributed by atoms with van der Waals surface area (Å²) >= 11 is 1.67. The Balaban J connectivity index is 2.03. The van der Waals surface area contributed by atoms with E-state index in [2.05, 4.69) is 4.98 Å². The zero-order valence-electron chi connectivity index (χ0n) is 11.7. The number of thioether (sulfide) groups is 1. The number of sulfone groups is 1. The molecule has 2 N–H and O–H groups in total. The molecule has 1 unspecified atom stereocenters. The van der Waals surface area contributed by atoms with Gasteiger partial charge in [0.1, 0.15) is 11.2 Å². The molecule has 1 atom stereocenters. The fourth-order valence-corrected chi connectivity index (χ4v) is 5.32. The number of hydrogen-bond acceptors (Lipinski definition) is 6. The Morgan fingerprint density at radius 2 is 2.14 bits per heavy atom. The summed E-state index contributed by atoms with van der Waals surface area (Å²) in [7, 11) is -3.14. The van der Waals surface area contributed by atoms with Gasteiger partial charge in [-0.05, 0) is 30.3 Å². The van der Waals surface area contributed by atoms with Crippen molar-refractivity contribution in [1.82, 2.24) is 4.98 Å². The van der Waals surface area contributed by atoms with E-state index in [9.17, 15) is 8.42 Å². The minimum atomic E-state index is -3.14. The lowest BCUT2D eigenvalue weighted by Gasteiger charge is -2.35. The van der Waals surface area contributed by atoms with Crippen LogP contribution in [0.1, 0.15) is 0 Å². The van der Waals surface area contributed by atoms with Crippen LogP contribution in [0.2, 0.25) is 0 Å².